The number of likely N-dealkylation sites (N-methyl/N-ethyl adjacent to an activating group) is 1. The summed E-state index contributed by atoms with van der Waals surface area (Å²) in [5.41, 5.74) is 0. The van der Waals surface area contributed by atoms with Gasteiger partial charge < -0.3 is 4.90 Å². The van der Waals surface area contributed by atoms with Crippen LogP contribution in [-0.2, 0) is 4.79 Å². The molecule has 0 radical (unpaired) electrons. The molecule has 0 saturated carbocycles. The van der Waals surface area contributed by atoms with E-state index in [9.17, 15) is 13.6 Å². The molecule has 19 heavy (non-hydrogen) atoms. The number of hydrogen-bond acceptors (Lipinski definition) is 3. The van der Waals surface area contributed by atoms with Crippen LogP contribution in [0.1, 0.15) is 25.7 Å². The van der Waals surface area contributed by atoms with E-state index in [0.29, 0.717) is 25.2 Å². The van der Waals surface area contributed by atoms with Gasteiger partial charge in [0, 0.05) is 31.6 Å². The van der Waals surface area contributed by atoms with Crippen LogP contribution >= 0.6 is 0 Å². The maximum Gasteiger partial charge on any atom is 0.262 e. The molecule has 3 fully saturated rings. The van der Waals surface area contributed by atoms with Crippen LogP contribution in [0.15, 0.2) is 0 Å². The molecule has 0 aromatic heterocycles. The number of nitrogens with one attached hydrogen (secondary N) is 1. The highest BCUT2D eigenvalue weighted by molar-refractivity contribution is 5.82. The van der Waals surface area contributed by atoms with E-state index in [1.165, 1.54) is 6.42 Å². The summed E-state index contributed by atoms with van der Waals surface area (Å²) >= 11 is 0. The van der Waals surface area contributed by atoms with Gasteiger partial charge in [-0.3, -0.25) is 15.0 Å². The molecule has 3 aliphatic heterocycles. The first kappa shape index (κ1) is 13.2. The molecule has 3 atom stereocenters. The number of rotatable bonds is 1. The van der Waals surface area contributed by atoms with Gasteiger partial charge in [-0.25, -0.2) is 8.78 Å². The van der Waals surface area contributed by atoms with Crippen LogP contribution in [0.3, 0.4) is 0 Å². The van der Waals surface area contributed by atoms with Crippen molar-refractivity contribution < 1.29 is 13.6 Å². The third-order valence-corrected chi connectivity index (χ3v) is 4.87. The molecule has 3 rings (SSSR count). The Labute approximate surface area is 112 Å². The third-order valence-electron chi connectivity index (χ3n) is 4.87. The summed E-state index contributed by atoms with van der Waals surface area (Å²) in [5.74, 6) is -2.87. The molecule has 3 heterocycles. The SMILES string of the molecule is CN1C2CCC1CN(C(=O)C1CC(F)(F)CN1)CC2. The lowest BCUT2D eigenvalue weighted by Gasteiger charge is -2.28. The van der Waals surface area contributed by atoms with Crippen molar-refractivity contribution in [3.8, 4) is 0 Å². The Balaban J connectivity index is 1.65. The number of fused-ring (bicyclic) bond motifs is 2. The van der Waals surface area contributed by atoms with E-state index in [2.05, 4.69) is 17.3 Å². The fraction of sp³-hybridized carbons (Fsp3) is 0.923. The molecular weight excluding hydrogens is 252 g/mol. The van der Waals surface area contributed by atoms with E-state index in [1.54, 1.807) is 4.90 Å². The third kappa shape index (κ3) is 2.48. The zero-order chi connectivity index (χ0) is 13.6. The molecule has 4 nitrogen and oxygen atoms in total. The highest BCUT2D eigenvalue weighted by atomic mass is 19.3. The topological polar surface area (TPSA) is 35.6 Å². The number of hydrogen-bond donors (Lipinski definition) is 1. The Hall–Kier alpha value is -0.750. The van der Waals surface area contributed by atoms with Gasteiger partial charge in [0.1, 0.15) is 0 Å². The van der Waals surface area contributed by atoms with Crippen molar-refractivity contribution in [3.05, 3.63) is 0 Å². The Morgan fingerprint density at radius 3 is 2.68 bits per heavy atom. The predicted molar refractivity (Wildman–Crippen MR) is 67.1 cm³/mol. The van der Waals surface area contributed by atoms with Crippen molar-refractivity contribution in [2.24, 2.45) is 0 Å². The smallest absolute Gasteiger partial charge is 0.262 e. The van der Waals surface area contributed by atoms with E-state index >= 15 is 0 Å². The highest BCUT2D eigenvalue weighted by Crippen LogP contribution is 2.30. The number of halogens is 2. The Kier molecular flexibility index (Phi) is 3.25. The van der Waals surface area contributed by atoms with Crippen molar-refractivity contribution >= 4 is 5.91 Å². The fourth-order valence-electron chi connectivity index (χ4n) is 3.62. The van der Waals surface area contributed by atoms with Crippen LogP contribution in [-0.4, -0.2) is 66.4 Å². The van der Waals surface area contributed by atoms with E-state index in [-0.39, 0.29) is 18.9 Å². The van der Waals surface area contributed by atoms with Gasteiger partial charge in [-0.1, -0.05) is 0 Å². The number of alkyl halides is 2. The average Bonchev–Trinajstić information content (AvgIpc) is 2.79. The number of amides is 1. The zero-order valence-electron chi connectivity index (χ0n) is 11.2. The first-order valence-electron chi connectivity index (χ1n) is 7.08. The van der Waals surface area contributed by atoms with Crippen molar-refractivity contribution in [1.82, 2.24) is 15.1 Å². The van der Waals surface area contributed by atoms with Gasteiger partial charge in [-0.05, 0) is 26.3 Å². The molecule has 0 aromatic rings. The molecule has 3 aliphatic rings. The second-order valence-electron chi connectivity index (χ2n) is 6.12. The summed E-state index contributed by atoms with van der Waals surface area (Å²) in [4.78, 5) is 16.5. The van der Waals surface area contributed by atoms with Crippen molar-refractivity contribution in [2.75, 3.05) is 26.7 Å². The van der Waals surface area contributed by atoms with Gasteiger partial charge in [0.2, 0.25) is 5.91 Å². The maximum atomic E-state index is 13.2. The quantitative estimate of drug-likeness (QED) is 0.763. The lowest BCUT2D eigenvalue weighted by molar-refractivity contribution is -0.134. The first-order chi connectivity index (χ1) is 8.96. The largest absolute Gasteiger partial charge is 0.340 e. The van der Waals surface area contributed by atoms with E-state index in [1.807, 2.05) is 0 Å². The summed E-state index contributed by atoms with van der Waals surface area (Å²) in [6.07, 6.45) is 2.91. The fourth-order valence-corrected chi connectivity index (χ4v) is 3.62. The van der Waals surface area contributed by atoms with Gasteiger partial charge >= 0.3 is 0 Å². The minimum Gasteiger partial charge on any atom is -0.340 e. The minimum absolute atomic E-state index is 0.141. The number of likely N-dealkylation sites (tertiary alicyclic amines) is 1. The molecule has 3 unspecified atom stereocenters. The standard InChI is InChI=1S/C13H21F2N3O/c1-17-9-2-3-10(17)7-18(5-4-9)12(19)11-6-13(14,15)8-16-11/h9-11,16H,2-8H2,1H3. The van der Waals surface area contributed by atoms with Crippen LogP contribution in [0.25, 0.3) is 0 Å². The average molecular weight is 273 g/mol. The lowest BCUT2D eigenvalue weighted by Crippen LogP contribution is -2.47. The monoisotopic (exact) mass is 273 g/mol. The van der Waals surface area contributed by atoms with Crippen LogP contribution in [0.5, 0.6) is 0 Å². The summed E-state index contributed by atoms with van der Waals surface area (Å²) in [6.45, 7) is 1.02. The second-order valence-corrected chi connectivity index (χ2v) is 6.12. The van der Waals surface area contributed by atoms with E-state index in [4.69, 9.17) is 0 Å². The summed E-state index contributed by atoms with van der Waals surface area (Å²) in [6, 6.07) is 0.260. The van der Waals surface area contributed by atoms with Gasteiger partial charge in [0.15, 0.2) is 0 Å². The molecule has 2 bridgehead atoms. The van der Waals surface area contributed by atoms with Crippen LogP contribution < -0.4 is 5.32 Å². The maximum absolute atomic E-state index is 13.2. The van der Waals surface area contributed by atoms with Gasteiger partial charge in [-0.2, -0.15) is 0 Å². The number of carbonyl (C=O) groups is 1. The van der Waals surface area contributed by atoms with E-state index < -0.39 is 12.0 Å². The second kappa shape index (κ2) is 4.66. The van der Waals surface area contributed by atoms with Gasteiger partial charge in [0.05, 0.1) is 12.6 Å². The van der Waals surface area contributed by atoms with Crippen molar-refractivity contribution in [3.63, 3.8) is 0 Å². The van der Waals surface area contributed by atoms with Gasteiger partial charge in [-0.15, -0.1) is 0 Å². The summed E-state index contributed by atoms with van der Waals surface area (Å²) < 4.78 is 26.3. The molecule has 0 aliphatic carbocycles. The minimum atomic E-state index is -2.73. The first-order valence-corrected chi connectivity index (χ1v) is 7.08. The summed E-state index contributed by atoms with van der Waals surface area (Å²) in [5, 5.41) is 2.66. The molecule has 1 N–H and O–H groups in total. The Morgan fingerprint density at radius 1 is 1.26 bits per heavy atom. The van der Waals surface area contributed by atoms with Crippen LogP contribution in [0.2, 0.25) is 0 Å². The predicted octanol–water partition coefficient (Wildman–Crippen LogP) is 0.679. The van der Waals surface area contributed by atoms with Gasteiger partial charge in [0.25, 0.3) is 5.92 Å². The molecule has 108 valence electrons. The molecule has 1 amide bonds. The van der Waals surface area contributed by atoms with Crippen LogP contribution in [0.4, 0.5) is 8.78 Å². The molecular formula is C13H21F2N3O. The zero-order valence-corrected chi connectivity index (χ0v) is 11.2. The van der Waals surface area contributed by atoms with Crippen molar-refractivity contribution in [2.45, 2.75) is 49.7 Å². The molecule has 6 heteroatoms. The van der Waals surface area contributed by atoms with Crippen molar-refractivity contribution in [1.29, 1.82) is 0 Å². The summed E-state index contributed by atoms with van der Waals surface area (Å²) in [7, 11) is 2.11. The Morgan fingerprint density at radius 2 is 2.00 bits per heavy atom. The highest BCUT2D eigenvalue weighted by Gasteiger charge is 2.45. The number of nitrogens with zero attached hydrogens (tertiary/aromatic N) is 2. The van der Waals surface area contributed by atoms with E-state index in [0.717, 1.165) is 12.8 Å². The number of carbonyl (C=O) groups excluding carboxylic acids is 1. The molecule has 3 saturated heterocycles. The molecule has 0 aromatic carbocycles. The van der Waals surface area contributed by atoms with Crippen LogP contribution in [0, 0.1) is 0 Å². The normalized spacial score (nSPS) is 38.5. The lowest BCUT2D eigenvalue weighted by atomic mass is 10.1. The molecule has 0 spiro atoms. The Bertz CT molecular complexity index is 377.